The molecule has 2 unspecified atom stereocenters. The summed E-state index contributed by atoms with van der Waals surface area (Å²) in [6.07, 6.45) is 5.13. The van der Waals surface area contributed by atoms with Crippen LogP contribution in [0.2, 0.25) is 0 Å². The fourth-order valence-corrected chi connectivity index (χ4v) is 3.68. The Hall–Kier alpha value is -0.0800. The number of hydrogen-bond acceptors (Lipinski definition) is 2. The molecule has 0 saturated heterocycles. The van der Waals surface area contributed by atoms with Gasteiger partial charge in [-0.05, 0) is 38.1 Å². The van der Waals surface area contributed by atoms with Crippen LogP contribution in [0.15, 0.2) is 0 Å². The minimum absolute atomic E-state index is 0.233. The van der Waals surface area contributed by atoms with Crippen LogP contribution in [0.4, 0.5) is 0 Å². The second kappa shape index (κ2) is 5.05. The normalized spacial score (nSPS) is 30.9. The van der Waals surface area contributed by atoms with Crippen molar-refractivity contribution in [1.29, 1.82) is 0 Å². The van der Waals surface area contributed by atoms with Gasteiger partial charge in [0.1, 0.15) is 0 Å². The van der Waals surface area contributed by atoms with Crippen molar-refractivity contribution in [1.82, 2.24) is 4.90 Å². The van der Waals surface area contributed by atoms with Crippen LogP contribution in [0.25, 0.3) is 0 Å². The highest BCUT2D eigenvalue weighted by molar-refractivity contribution is 5.07. The molecule has 0 aliphatic heterocycles. The first kappa shape index (κ1) is 14.0. The number of nitrogens with two attached hydrogens (primary N) is 1. The van der Waals surface area contributed by atoms with Gasteiger partial charge in [-0.3, -0.25) is 4.90 Å². The lowest BCUT2D eigenvalue weighted by Crippen LogP contribution is -2.62. The number of hydrogen-bond donors (Lipinski definition) is 1. The molecule has 0 aromatic heterocycles. The molecule has 0 heterocycles. The van der Waals surface area contributed by atoms with Crippen LogP contribution in [-0.4, -0.2) is 29.6 Å². The van der Waals surface area contributed by atoms with E-state index in [1.807, 2.05) is 0 Å². The van der Waals surface area contributed by atoms with Crippen molar-refractivity contribution in [3.8, 4) is 0 Å². The van der Waals surface area contributed by atoms with E-state index in [9.17, 15) is 0 Å². The van der Waals surface area contributed by atoms with Crippen molar-refractivity contribution >= 4 is 0 Å². The van der Waals surface area contributed by atoms with Gasteiger partial charge in [0.05, 0.1) is 0 Å². The van der Waals surface area contributed by atoms with Crippen molar-refractivity contribution < 1.29 is 0 Å². The summed E-state index contributed by atoms with van der Waals surface area (Å²) in [6.45, 7) is 13.6. The van der Waals surface area contributed by atoms with Crippen molar-refractivity contribution in [3.63, 3.8) is 0 Å². The molecular formula is C14H30N2. The number of rotatable bonds is 5. The average molecular weight is 226 g/mol. The van der Waals surface area contributed by atoms with E-state index < -0.39 is 0 Å². The summed E-state index contributed by atoms with van der Waals surface area (Å²) in [6, 6.07) is 0.644. The first-order valence-electron chi connectivity index (χ1n) is 6.92. The summed E-state index contributed by atoms with van der Waals surface area (Å²) in [4.78, 5) is 2.67. The van der Waals surface area contributed by atoms with Gasteiger partial charge >= 0.3 is 0 Å². The maximum absolute atomic E-state index is 6.17. The van der Waals surface area contributed by atoms with Crippen LogP contribution in [-0.2, 0) is 0 Å². The smallest absolute Gasteiger partial charge is 0.0385 e. The summed E-state index contributed by atoms with van der Waals surface area (Å²) in [5, 5.41) is 0. The predicted molar refractivity (Wildman–Crippen MR) is 71.6 cm³/mol. The fourth-order valence-electron chi connectivity index (χ4n) is 3.68. The Morgan fingerprint density at radius 1 is 1.25 bits per heavy atom. The molecule has 16 heavy (non-hydrogen) atoms. The topological polar surface area (TPSA) is 29.3 Å². The van der Waals surface area contributed by atoms with Gasteiger partial charge in [-0.2, -0.15) is 0 Å². The van der Waals surface area contributed by atoms with Crippen molar-refractivity contribution in [2.45, 2.75) is 71.9 Å². The Labute approximate surface area is 102 Å². The van der Waals surface area contributed by atoms with Gasteiger partial charge in [0.25, 0.3) is 0 Å². The fraction of sp³-hybridized carbons (Fsp3) is 1.00. The zero-order valence-corrected chi connectivity index (χ0v) is 11.8. The second-order valence-corrected chi connectivity index (χ2v) is 6.02. The number of nitrogens with zero attached hydrogens (tertiary/aromatic N) is 1. The van der Waals surface area contributed by atoms with Gasteiger partial charge in [0.15, 0.2) is 0 Å². The maximum Gasteiger partial charge on any atom is 0.0385 e. The minimum Gasteiger partial charge on any atom is -0.329 e. The Morgan fingerprint density at radius 3 is 2.19 bits per heavy atom. The monoisotopic (exact) mass is 226 g/mol. The molecule has 0 aromatic carbocycles. The predicted octanol–water partition coefficient (Wildman–Crippen LogP) is 3.01. The summed E-state index contributed by atoms with van der Waals surface area (Å²) in [5.41, 5.74) is 6.77. The molecule has 0 aromatic rings. The standard InChI is InChI=1S/C14H30N2/c1-6-12(3)16(7-2)14(11-15)10-8-9-13(14,4)5/h12H,6-11,15H2,1-5H3. The molecule has 2 nitrogen and oxygen atoms in total. The van der Waals surface area contributed by atoms with E-state index in [2.05, 4.69) is 39.5 Å². The highest BCUT2D eigenvalue weighted by Gasteiger charge is 2.51. The first-order valence-corrected chi connectivity index (χ1v) is 6.92. The molecular weight excluding hydrogens is 196 g/mol. The molecule has 1 saturated carbocycles. The summed E-state index contributed by atoms with van der Waals surface area (Å²) < 4.78 is 0. The van der Waals surface area contributed by atoms with Crippen molar-refractivity contribution in [3.05, 3.63) is 0 Å². The molecule has 1 fully saturated rings. The van der Waals surface area contributed by atoms with Gasteiger partial charge in [0.2, 0.25) is 0 Å². The van der Waals surface area contributed by atoms with E-state index >= 15 is 0 Å². The zero-order chi connectivity index (χ0) is 12.4. The Kier molecular flexibility index (Phi) is 4.42. The van der Waals surface area contributed by atoms with Crippen LogP contribution >= 0.6 is 0 Å². The van der Waals surface area contributed by atoms with Gasteiger partial charge in [-0.1, -0.05) is 34.1 Å². The van der Waals surface area contributed by atoms with Gasteiger partial charge in [0, 0.05) is 18.1 Å². The third-order valence-electron chi connectivity index (χ3n) is 5.00. The highest BCUT2D eigenvalue weighted by atomic mass is 15.2. The Balaban J connectivity index is 3.02. The van der Waals surface area contributed by atoms with Crippen LogP contribution < -0.4 is 5.73 Å². The lowest BCUT2D eigenvalue weighted by molar-refractivity contribution is -0.0118. The largest absolute Gasteiger partial charge is 0.329 e. The molecule has 1 aliphatic carbocycles. The van der Waals surface area contributed by atoms with Crippen LogP contribution in [0.5, 0.6) is 0 Å². The molecule has 0 radical (unpaired) electrons. The second-order valence-electron chi connectivity index (χ2n) is 6.02. The molecule has 0 amide bonds. The third kappa shape index (κ3) is 2.02. The third-order valence-corrected chi connectivity index (χ3v) is 5.00. The van der Waals surface area contributed by atoms with Crippen LogP contribution in [0.3, 0.4) is 0 Å². The summed E-state index contributed by atoms with van der Waals surface area (Å²) in [5.74, 6) is 0. The van der Waals surface area contributed by atoms with E-state index in [4.69, 9.17) is 5.73 Å². The molecule has 2 N–H and O–H groups in total. The SMILES string of the molecule is CCC(C)N(CC)C1(CN)CCCC1(C)C. The molecule has 1 aliphatic rings. The van der Waals surface area contributed by atoms with Crippen LogP contribution in [0.1, 0.15) is 60.3 Å². The Morgan fingerprint density at radius 2 is 1.88 bits per heavy atom. The lowest BCUT2D eigenvalue weighted by atomic mass is 9.73. The molecule has 2 atom stereocenters. The zero-order valence-electron chi connectivity index (χ0n) is 11.8. The molecule has 96 valence electrons. The lowest BCUT2D eigenvalue weighted by Gasteiger charge is -2.51. The van der Waals surface area contributed by atoms with Crippen molar-refractivity contribution in [2.75, 3.05) is 13.1 Å². The van der Waals surface area contributed by atoms with Crippen LogP contribution in [0, 0.1) is 5.41 Å². The van der Waals surface area contributed by atoms with Gasteiger partial charge in [-0.25, -0.2) is 0 Å². The first-order chi connectivity index (χ1) is 7.45. The molecule has 1 rings (SSSR count). The number of likely N-dealkylation sites (N-methyl/N-ethyl adjacent to an activating group) is 1. The van der Waals surface area contributed by atoms with E-state index in [1.54, 1.807) is 0 Å². The molecule has 0 spiro atoms. The van der Waals surface area contributed by atoms with Crippen molar-refractivity contribution in [2.24, 2.45) is 11.1 Å². The summed E-state index contributed by atoms with van der Waals surface area (Å²) in [7, 11) is 0. The minimum atomic E-state index is 0.233. The average Bonchev–Trinajstić information content (AvgIpc) is 2.55. The maximum atomic E-state index is 6.17. The van der Waals surface area contributed by atoms with Gasteiger partial charge < -0.3 is 5.73 Å². The Bertz CT molecular complexity index is 225. The molecule has 2 heteroatoms. The van der Waals surface area contributed by atoms with E-state index in [1.165, 1.54) is 25.7 Å². The molecule has 0 bridgehead atoms. The quantitative estimate of drug-likeness (QED) is 0.781. The van der Waals surface area contributed by atoms with E-state index in [-0.39, 0.29) is 5.54 Å². The highest BCUT2D eigenvalue weighted by Crippen LogP contribution is 2.49. The van der Waals surface area contributed by atoms with Gasteiger partial charge in [-0.15, -0.1) is 0 Å². The van der Waals surface area contributed by atoms with E-state index in [0.717, 1.165) is 13.1 Å². The summed E-state index contributed by atoms with van der Waals surface area (Å²) >= 11 is 0. The van der Waals surface area contributed by atoms with E-state index in [0.29, 0.717) is 11.5 Å².